The van der Waals surface area contributed by atoms with Gasteiger partial charge in [0.1, 0.15) is 11.5 Å². The lowest BCUT2D eigenvalue weighted by molar-refractivity contribution is -0.439. The summed E-state index contributed by atoms with van der Waals surface area (Å²) in [6, 6.07) is 11.9. The van der Waals surface area contributed by atoms with Crippen molar-refractivity contribution in [2.45, 2.75) is 51.9 Å². The summed E-state index contributed by atoms with van der Waals surface area (Å²) in [5, 5.41) is 12.5. The van der Waals surface area contributed by atoms with E-state index >= 15 is 0 Å². The van der Waals surface area contributed by atoms with E-state index in [0.717, 1.165) is 30.6 Å². The van der Waals surface area contributed by atoms with Crippen LogP contribution in [0.4, 0.5) is 0 Å². The highest BCUT2D eigenvalue weighted by atomic mass is 17.5. The lowest BCUT2D eigenvalue weighted by Gasteiger charge is -2.26. The van der Waals surface area contributed by atoms with Crippen molar-refractivity contribution in [2.75, 3.05) is 14.2 Å². The van der Waals surface area contributed by atoms with Gasteiger partial charge in [-0.2, -0.15) is 0 Å². The van der Waals surface area contributed by atoms with Gasteiger partial charge in [0, 0.05) is 11.6 Å². The van der Waals surface area contributed by atoms with Gasteiger partial charge in [-0.25, -0.2) is 5.26 Å². The third kappa shape index (κ3) is 5.62. The average molecular weight is 374 g/mol. The average Bonchev–Trinajstić information content (AvgIpc) is 2.73. The van der Waals surface area contributed by atoms with Crippen LogP contribution in [0.1, 0.15) is 55.7 Å². The first-order chi connectivity index (χ1) is 13.2. The molecule has 0 amide bonds. The molecule has 5 heteroatoms. The molecule has 2 aromatic carbocycles. The van der Waals surface area contributed by atoms with E-state index in [2.05, 4.69) is 31.0 Å². The van der Waals surface area contributed by atoms with E-state index in [-0.39, 0.29) is 0 Å². The summed E-state index contributed by atoms with van der Waals surface area (Å²) in [4.78, 5) is 4.92. The van der Waals surface area contributed by atoms with Crippen molar-refractivity contribution >= 4 is 0 Å². The quantitative estimate of drug-likeness (QED) is 0.529. The number of fused-ring (bicyclic) bond motifs is 1. The predicted octanol–water partition coefficient (Wildman–Crippen LogP) is 5.57. The third-order valence-electron chi connectivity index (χ3n) is 4.94. The van der Waals surface area contributed by atoms with Crippen molar-refractivity contribution in [1.82, 2.24) is 0 Å². The number of methoxy groups -OCH3 is 2. The fraction of sp³-hybridized carbons (Fsp3) is 0.455. The van der Waals surface area contributed by atoms with Crippen LogP contribution in [0.25, 0.3) is 0 Å². The Kier molecular flexibility index (Phi) is 8.43. The molecule has 5 nitrogen and oxygen atoms in total. The summed E-state index contributed by atoms with van der Waals surface area (Å²) in [6.07, 6.45) is 5.43. The molecule has 0 unspecified atom stereocenters. The largest absolute Gasteiger partial charge is 0.497 e. The van der Waals surface area contributed by atoms with Crippen LogP contribution in [0.3, 0.4) is 0 Å². The molecule has 0 bridgehead atoms. The van der Waals surface area contributed by atoms with Crippen molar-refractivity contribution in [3.63, 3.8) is 0 Å². The smallest absolute Gasteiger partial charge is 0.175 e. The zero-order chi connectivity index (χ0) is 19.6. The minimum Gasteiger partial charge on any atom is -0.497 e. The van der Waals surface area contributed by atoms with Crippen LogP contribution in [0, 0.1) is 0 Å². The number of rotatable bonds is 6. The summed E-state index contributed by atoms with van der Waals surface area (Å²) in [5.74, 6) is 2.44. The molecule has 148 valence electrons. The Morgan fingerprint density at radius 3 is 2.19 bits per heavy atom. The Labute approximate surface area is 161 Å². The zero-order valence-electron chi connectivity index (χ0n) is 16.7. The molecule has 0 aromatic heterocycles. The van der Waals surface area contributed by atoms with E-state index in [9.17, 15) is 0 Å². The maximum absolute atomic E-state index is 8.65. The fourth-order valence-electron chi connectivity index (χ4n) is 3.20. The predicted molar refractivity (Wildman–Crippen MR) is 106 cm³/mol. The summed E-state index contributed by atoms with van der Waals surface area (Å²) >= 11 is 0. The minimum atomic E-state index is 0.392. The van der Waals surface area contributed by atoms with E-state index in [0.29, 0.717) is 17.4 Å². The van der Waals surface area contributed by atoms with Gasteiger partial charge in [0.2, 0.25) is 0 Å². The number of ether oxygens (including phenoxy) is 2. The van der Waals surface area contributed by atoms with Crippen LogP contribution >= 0.6 is 0 Å². The van der Waals surface area contributed by atoms with Crippen LogP contribution in [0.2, 0.25) is 0 Å². The highest BCUT2D eigenvalue weighted by molar-refractivity contribution is 5.49. The topological polar surface area (TPSA) is 57.2 Å². The van der Waals surface area contributed by atoms with Gasteiger partial charge in [0.15, 0.2) is 5.75 Å². The first-order valence-electron chi connectivity index (χ1n) is 9.48. The number of hydrogen-bond donors (Lipinski definition) is 1. The van der Waals surface area contributed by atoms with Gasteiger partial charge in [0.25, 0.3) is 0 Å². The molecule has 0 radical (unpaired) electrons. The maximum atomic E-state index is 8.65. The molecular weight excluding hydrogens is 344 g/mol. The number of benzene rings is 2. The Morgan fingerprint density at radius 2 is 1.63 bits per heavy atom. The van der Waals surface area contributed by atoms with Gasteiger partial charge >= 0.3 is 0 Å². The SMILES string of the molecule is CCCC.COc1ccc([C@H]2CCc3cc(OC)cc(OOO)c3C2)cc1. The zero-order valence-corrected chi connectivity index (χ0v) is 16.7. The summed E-state index contributed by atoms with van der Waals surface area (Å²) in [5.41, 5.74) is 3.48. The van der Waals surface area contributed by atoms with Crippen molar-refractivity contribution in [3.8, 4) is 17.2 Å². The first-order valence-corrected chi connectivity index (χ1v) is 9.48. The van der Waals surface area contributed by atoms with Crippen molar-refractivity contribution in [3.05, 3.63) is 53.1 Å². The molecule has 1 aliphatic rings. The van der Waals surface area contributed by atoms with Crippen molar-refractivity contribution < 1.29 is 24.7 Å². The Balaban J connectivity index is 0.000000596. The Hall–Kier alpha value is -2.24. The molecule has 0 spiro atoms. The van der Waals surface area contributed by atoms with Gasteiger partial charge in [-0.3, -0.25) is 0 Å². The molecule has 2 aromatic rings. The highest BCUT2D eigenvalue weighted by Gasteiger charge is 2.24. The molecule has 1 aliphatic carbocycles. The molecule has 27 heavy (non-hydrogen) atoms. The molecule has 1 atom stereocenters. The third-order valence-corrected chi connectivity index (χ3v) is 4.94. The Morgan fingerprint density at radius 1 is 0.963 bits per heavy atom. The second kappa shape index (κ2) is 10.8. The molecule has 0 heterocycles. The standard InChI is InChI=1S/C18H20O5.C4H10/c1-20-15-7-5-12(6-8-15)13-3-4-14-9-16(21-2)11-18(22-23-19)17(14)10-13;1-3-4-2/h5-9,11,13,19H,3-4,10H2,1-2H3;3-4H2,1-2H3/t13-;/m0./s1. The van der Waals surface area contributed by atoms with Crippen molar-refractivity contribution in [2.24, 2.45) is 0 Å². The molecular formula is C22H30O5. The number of hydrogen-bond acceptors (Lipinski definition) is 5. The van der Waals surface area contributed by atoms with Crippen LogP contribution < -0.4 is 14.4 Å². The molecule has 0 saturated carbocycles. The van der Waals surface area contributed by atoms with Gasteiger partial charge < -0.3 is 14.4 Å². The lowest BCUT2D eigenvalue weighted by Crippen LogP contribution is -2.14. The van der Waals surface area contributed by atoms with Crippen LogP contribution in [0.5, 0.6) is 17.2 Å². The van der Waals surface area contributed by atoms with Crippen LogP contribution in [-0.4, -0.2) is 19.5 Å². The second-order valence-corrected chi connectivity index (χ2v) is 6.63. The normalized spacial score (nSPS) is 15.2. The molecule has 1 N–H and O–H groups in total. The molecule has 0 saturated heterocycles. The first kappa shape index (κ1) is 21.1. The molecule has 0 aliphatic heterocycles. The van der Waals surface area contributed by atoms with Crippen LogP contribution in [0.15, 0.2) is 36.4 Å². The number of unbranched alkanes of at least 4 members (excludes halogenated alkanes) is 1. The van der Waals surface area contributed by atoms with E-state index in [4.69, 9.17) is 19.6 Å². The monoisotopic (exact) mass is 374 g/mol. The molecule has 3 rings (SSSR count). The Bertz CT molecular complexity index is 695. The van der Waals surface area contributed by atoms with E-state index in [1.54, 1.807) is 20.3 Å². The maximum Gasteiger partial charge on any atom is 0.175 e. The summed E-state index contributed by atoms with van der Waals surface area (Å²) < 4.78 is 10.5. The fourth-order valence-corrected chi connectivity index (χ4v) is 3.20. The molecule has 0 fully saturated rings. The van der Waals surface area contributed by atoms with E-state index < -0.39 is 0 Å². The second-order valence-electron chi connectivity index (χ2n) is 6.63. The summed E-state index contributed by atoms with van der Waals surface area (Å²) in [6.45, 7) is 4.36. The van der Waals surface area contributed by atoms with Gasteiger partial charge in [0.05, 0.1) is 14.2 Å². The minimum absolute atomic E-state index is 0.392. The lowest BCUT2D eigenvalue weighted by atomic mass is 9.79. The van der Waals surface area contributed by atoms with E-state index in [1.807, 2.05) is 18.2 Å². The highest BCUT2D eigenvalue weighted by Crippen LogP contribution is 2.39. The van der Waals surface area contributed by atoms with Crippen LogP contribution in [-0.2, 0) is 17.9 Å². The number of aryl methyl sites for hydroxylation is 1. The summed E-state index contributed by atoms with van der Waals surface area (Å²) in [7, 11) is 3.27. The van der Waals surface area contributed by atoms with E-state index in [1.165, 1.54) is 24.0 Å². The van der Waals surface area contributed by atoms with Gasteiger partial charge in [-0.15, -0.1) is 0 Å². The van der Waals surface area contributed by atoms with Crippen molar-refractivity contribution in [1.29, 1.82) is 0 Å². The van der Waals surface area contributed by atoms with Gasteiger partial charge in [-0.05, 0) is 59.5 Å². The van der Waals surface area contributed by atoms with Gasteiger partial charge in [-0.1, -0.05) is 38.8 Å².